The molecule has 1 aliphatic rings. The minimum atomic E-state index is -4.80. The van der Waals surface area contributed by atoms with Crippen LogP contribution in [0.5, 0.6) is 0 Å². The van der Waals surface area contributed by atoms with Crippen LogP contribution < -0.4 is 10.6 Å². The second-order valence-electron chi connectivity index (χ2n) is 7.37. The zero-order chi connectivity index (χ0) is 23.6. The van der Waals surface area contributed by atoms with Crippen LogP contribution in [-0.2, 0) is 11.0 Å². The summed E-state index contributed by atoms with van der Waals surface area (Å²) in [5, 5.41) is 5.23. The largest absolute Gasteiger partial charge is 0.419 e. The number of benzene rings is 1. The van der Waals surface area contributed by atoms with Crippen LogP contribution in [0.25, 0.3) is 11.6 Å². The predicted octanol–water partition coefficient (Wildman–Crippen LogP) is 4.67. The molecule has 1 aliphatic heterocycles. The number of aromatic nitrogens is 1. The lowest BCUT2D eigenvalue weighted by Crippen LogP contribution is -2.35. The molecule has 0 saturated heterocycles. The van der Waals surface area contributed by atoms with Gasteiger partial charge in [-0.2, -0.15) is 13.2 Å². The average molecular weight is 513 g/mol. The lowest BCUT2D eigenvalue weighted by Gasteiger charge is -2.18. The second-order valence-corrected chi connectivity index (χ2v) is 8.22. The molecule has 10 heteroatoms. The molecule has 0 atom stereocenters. The van der Waals surface area contributed by atoms with Gasteiger partial charge in [-0.15, -0.1) is 0 Å². The standard InChI is InChI=1S/C22H24BrF3N4O2/c1-4-30(5-2)10-9-27-21(32)17-12(3)28-16(19(17)22(24,25)26)11-13-18-14(23)7-6-8-15(18)29-20(13)31/h6-8,11,28H,4-5,9-10H2,1-3H3,(H,27,32)(H,29,31)/b13-11-. The third kappa shape index (κ3) is 4.75. The Bertz CT molecular complexity index is 1070. The van der Waals surface area contributed by atoms with Crippen LogP contribution in [0.4, 0.5) is 18.9 Å². The van der Waals surface area contributed by atoms with Gasteiger partial charge in [0, 0.05) is 28.8 Å². The van der Waals surface area contributed by atoms with Gasteiger partial charge in [0.2, 0.25) is 0 Å². The van der Waals surface area contributed by atoms with Crippen molar-refractivity contribution in [3.05, 3.63) is 50.8 Å². The van der Waals surface area contributed by atoms with E-state index in [9.17, 15) is 22.8 Å². The molecule has 3 rings (SSSR count). The van der Waals surface area contributed by atoms with E-state index in [0.29, 0.717) is 22.3 Å². The van der Waals surface area contributed by atoms with Crippen LogP contribution in [0.1, 0.15) is 46.7 Å². The van der Waals surface area contributed by atoms with Gasteiger partial charge in [-0.05, 0) is 38.2 Å². The Balaban J connectivity index is 2.01. The minimum absolute atomic E-state index is 0.0766. The monoisotopic (exact) mass is 512 g/mol. The van der Waals surface area contributed by atoms with Crippen LogP contribution in [0.3, 0.4) is 0 Å². The molecule has 2 heterocycles. The molecular weight excluding hydrogens is 489 g/mol. The maximum absolute atomic E-state index is 14.0. The Labute approximate surface area is 192 Å². The number of carbonyl (C=O) groups excluding carboxylic acids is 2. The van der Waals surface area contributed by atoms with Gasteiger partial charge in [-0.1, -0.05) is 35.8 Å². The molecule has 6 nitrogen and oxygen atoms in total. The summed E-state index contributed by atoms with van der Waals surface area (Å²) in [4.78, 5) is 29.9. The van der Waals surface area contributed by atoms with E-state index in [1.165, 1.54) is 6.92 Å². The highest BCUT2D eigenvalue weighted by Crippen LogP contribution is 2.41. The zero-order valence-corrected chi connectivity index (χ0v) is 19.5. The Kier molecular flexibility index (Phi) is 7.14. The minimum Gasteiger partial charge on any atom is -0.358 e. The molecule has 0 unspecified atom stereocenters. The second kappa shape index (κ2) is 9.50. The molecular formula is C22H24BrF3N4O2. The summed E-state index contributed by atoms with van der Waals surface area (Å²) in [6, 6.07) is 5.08. The number of halogens is 4. The Morgan fingerprint density at radius 2 is 1.94 bits per heavy atom. The number of carbonyl (C=O) groups is 2. The summed E-state index contributed by atoms with van der Waals surface area (Å²) >= 11 is 3.35. The molecule has 0 spiro atoms. The van der Waals surface area contributed by atoms with E-state index in [1.54, 1.807) is 18.2 Å². The Morgan fingerprint density at radius 1 is 1.25 bits per heavy atom. The predicted molar refractivity (Wildman–Crippen MR) is 121 cm³/mol. The highest BCUT2D eigenvalue weighted by molar-refractivity contribution is 9.10. The number of aryl methyl sites for hydroxylation is 1. The van der Waals surface area contributed by atoms with Crippen LogP contribution in [0.15, 0.2) is 22.7 Å². The highest BCUT2D eigenvalue weighted by atomic mass is 79.9. The molecule has 3 N–H and O–H groups in total. The zero-order valence-electron chi connectivity index (χ0n) is 17.9. The van der Waals surface area contributed by atoms with Crippen molar-refractivity contribution >= 4 is 45.1 Å². The van der Waals surface area contributed by atoms with Gasteiger partial charge in [0.15, 0.2) is 0 Å². The fraction of sp³-hybridized carbons (Fsp3) is 0.364. The molecule has 0 fully saturated rings. The number of fused-ring (bicyclic) bond motifs is 1. The van der Waals surface area contributed by atoms with E-state index in [2.05, 4.69) is 36.4 Å². The van der Waals surface area contributed by atoms with E-state index in [-0.39, 0.29) is 23.5 Å². The van der Waals surface area contributed by atoms with E-state index in [1.807, 2.05) is 13.8 Å². The third-order valence-corrected chi connectivity index (χ3v) is 6.06. The maximum atomic E-state index is 14.0. The summed E-state index contributed by atoms with van der Waals surface area (Å²) in [5.41, 5.74) is -0.753. The number of alkyl halides is 3. The molecule has 32 heavy (non-hydrogen) atoms. The quantitative estimate of drug-likeness (QED) is 0.471. The maximum Gasteiger partial charge on any atom is 0.419 e. The van der Waals surface area contributed by atoms with E-state index in [4.69, 9.17) is 0 Å². The van der Waals surface area contributed by atoms with Crippen molar-refractivity contribution in [2.45, 2.75) is 26.9 Å². The van der Waals surface area contributed by atoms with Gasteiger partial charge in [0.1, 0.15) is 0 Å². The van der Waals surface area contributed by atoms with Crippen molar-refractivity contribution in [3.63, 3.8) is 0 Å². The molecule has 0 radical (unpaired) electrons. The van der Waals surface area contributed by atoms with E-state index in [0.717, 1.165) is 19.2 Å². The van der Waals surface area contributed by atoms with Crippen molar-refractivity contribution in [2.75, 3.05) is 31.5 Å². The smallest absolute Gasteiger partial charge is 0.358 e. The number of likely N-dealkylation sites (N-methyl/N-ethyl adjacent to an activating group) is 1. The number of amides is 2. The summed E-state index contributed by atoms with van der Waals surface area (Å²) in [5.74, 6) is -1.32. The highest BCUT2D eigenvalue weighted by Gasteiger charge is 2.41. The molecule has 1 aromatic carbocycles. The molecule has 1 aromatic heterocycles. The summed E-state index contributed by atoms with van der Waals surface area (Å²) in [6.07, 6.45) is -3.65. The van der Waals surface area contributed by atoms with Crippen LogP contribution in [-0.4, -0.2) is 47.9 Å². The van der Waals surface area contributed by atoms with Crippen molar-refractivity contribution in [2.24, 2.45) is 0 Å². The molecule has 2 aromatic rings. The lowest BCUT2D eigenvalue weighted by molar-refractivity contribution is -0.138. The number of H-pyrrole nitrogens is 1. The molecule has 2 amide bonds. The van der Waals surface area contributed by atoms with Gasteiger partial charge in [-0.25, -0.2) is 0 Å². The van der Waals surface area contributed by atoms with Crippen LogP contribution in [0.2, 0.25) is 0 Å². The first-order valence-electron chi connectivity index (χ1n) is 10.2. The van der Waals surface area contributed by atoms with E-state index < -0.39 is 29.1 Å². The van der Waals surface area contributed by atoms with Crippen molar-refractivity contribution in [1.29, 1.82) is 0 Å². The third-order valence-electron chi connectivity index (χ3n) is 5.40. The number of nitrogens with one attached hydrogen (secondary N) is 3. The Hall–Kier alpha value is -2.59. The molecule has 0 aliphatic carbocycles. The number of rotatable bonds is 7. The number of hydrogen-bond donors (Lipinski definition) is 3. The Morgan fingerprint density at radius 3 is 2.56 bits per heavy atom. The van der Waals surface area contributed by atoms with Crippen molar-refractivity contribution < 1.29 is 22.8 Å². The van der Waals surface area contributed by atoms with Gasteiger partial charge in [-0.3, -0.25) is 9.59 Å². The molecule has 0 bridgehead atoms. The number of anilines is 1. The average Bonchev–Trinajstić information content (AvgIpc) is 3.22. The van der Waals surface area contributed by atoms with Crippen LogP contribution in [0, 0.1) is 6.92 Å². The fourth-order valence-electron chi connectivity index (χ4n) is 3.78. The van der Waals surface area contributed by atoms with Gasteiger partial charge in [0.25, 0.3) is 11.8 Å². The molecule has 0 saturated carbocycles. The summed E-state index contributed by atoms with van der Waals surface area (Å²) < 4.78 is 42.7. The normalized spacial score (nSPS) is 14.8. The number of nitrogens with zero attached hydrogens (tertiary/aromatic N) is 1. The lowest BCUT2D eigenvalue weighted by atomic mass is 10.0. The summed E-state index contributed by atoms with van der Waals surface area (Å²) in [7, 11) is 0. The van der Waals surface area contributed by atoms with E-state index >= 15 is 0 Å². The first kappa shape index (κ1) is 24.1. The first-order valence-corrected chi connectivity index (χ1v) is 11.0. The van der Waals surface area contributed by atoms with Crippen molar-refractivity contribution in [1.82, 2.24) is 15.2 Å². The van der Waals surface area contributed by atoms with Gasteiger partial charge >= 0.3 is 6.18 Å². The fourth-order valence-corrected chi connectivity index (χ4v) is 4.36. The first-order chi connectivity index (χ1) is 15.1. The number of hydrogen-bond acceptors (Lipinski definition) is 3. The number of aromatic amines is 1. The van der Waals surface area contributed by atoms with Crippen molar-refractivity contribution in [3.8, 4) is 0 Å². The SMILES string of the molecule is CCN(CC)CCNC(=O)c1c(C)[nH]c(/C=C2\C(=O)Nc3cccc(Br)c32)c1C(F)(F)F. The topological polar surface area (TPSA) is 77.2 Å². The van der Waals surface area contributed by atoms with Gasteiger partial charge in [0.05, 0.1) is 28.1 Å². The van der Waals surface area contributed by atoms with Gasteiger partial charge < -0.3 is 20.5 Å². The summed E-state index contributed by atoms with van der Waals surface area (Å²) in [6.45, 7) is 7.67. The van der Waals surface area contributed by atoms with Crippen LogP contribution >= 0.6 is 15.9 Å². The molecule has 172 valence electrons.